The first-order valence-corrected chi connectivity index (χ1v) is 20.3. The maximum atomic E-state index is 16.3. The zero-order chi connectivity index (χ0) is 36.5. The maximum Gasteiger partial charge on any atom is 0.269 e. The summed E-state index contributed by atoms with van der Waals surface area (Å²) in [6.45, 7) is 5.44. The highest BCUT2D eigenvalue weighted by Crippen LogP contribution is 2.60. The molecule has 1 fully saturated rings. The van der Waals surface area contributed by atoms with E-state index >= 15 is 4.11 Å². The summed E-state index contributed by atoms with van der Waals surface area (Å²) in [5.41, 5.74) is 1.95. The van der Waals surface area contributed by atoms with E-state index in [0.717, 1.165) is 22.0 Å². The van der Waals surface area contributed by atoms with Gasteiger partial charge in [0.2, 0.25) is 8.41 Å². The third kappa shape index (κ3) is 5.23. The van der Waals surface area contributed by atoms with Crippen LogP contribution in [0.15, 0.2) is 85.1 Å². The Hall–Kier alpha value is -5.31. The number of aliphatic hydroxyl groups excluding tert-OH is 1. The molecule has 5 aromatic rings. The van der Waals surface area contributed by atoms with Crippen molar-refractivity contribution in [3.05, 3.63) is 118 Å². The average molecular weight is 721 g/mol. The lowest BCUT2D eigenvalue weighted by Gasteiger charge is -2.31. The molecule has 1 saturated heterocycles. The van der Waals surface area contributed by atoms with Gasteiger partial charge in [-0.15, -0.1) is 5.10 Å². The van der Waals surface area contributed by atoms with Gasteiger partial charge in [0.1, 0.15) is 0 Å². The molecule has 12 nitrogen and oxygen atoms in total. The van der Waals surface area contributed by atoms with Gasteiger partial charge >= 0.3 is 0 Å². The molecule has 2 amide bonds. The minimum Gasteiger partial charge on any atom is -0.396 e. The van der Waals surface area contributed by atoms with Crippen molar-refractivity contribution >= 4 is 53.7 Å². The van der Waals surface area contributed by atoms with Crippen molar-refractivity contribution in [1.29, 1.82) is 0 Å². The second-order valence-electron chi connectivity index (χ2n) is 14.3. The van der Waals surface area contributed by atoms with Gasteiger partial charge in [0.05, 0.1) is 40.2 Å². The SMILES string of the molecule is C[C@H]1[C@H]([Si](C)(C)F)[C@@H](CCn2cc(CCO)nn2)O[C@]12C(=O)N(Cc1ccc(N3C(=O)c4cccc5cccc3c45)cc1)c1ccc([N+](=O)[O-])cc12. The van der Waals surface area contributed by atoms with Gasteiger partial charge in [-0.2, -0.15) is 0 Å². The molecular weight excluding hydrogens is 684 g/mol. The lowest BCUT2D eigenvalue weighted by Crippen LogP contribution is -2.45. The number of ether oxygens (including phenoxy) is 1. The summed E-state index contributed by atoms with van der Waals surface area (Å²) in [7, 11) is -3.48. The fourth-order valence-corrected chi connectivity index (χ4v) is 11.2. The molecule has 8 rings (SSSR count). The number of amides is 2. The van der Waals surface area contributed by atoms with Gasteiger partial charge in [0.15, 0.2) is 5.60 Å². The molecule has 0 aliphatic carbocycles. The molecule has 266 valence electrons. The number of non-ortho nitro benzene ring substituents is 1. The highest BCUT2D eigenvalue weighted by molar-refractivity contribution is 6.72. The number of aryl methyl sites for hydroxylation is 1. The van der Waals surface area contributed by atoms with Crippen LogP contribution < -0.4 is 9.80 Å². The van der Waals surface area contributed by atoms with Gasteiger partial charge < -0.3 is 18.9 Å². The number of fused-ring (bicyclic) bond motifs is 2. The summed E-state index contributed by atoms with van der Waals surface area (Å²) >= 11 is 0. The van der Waals surface area contributed by atoms with E-state index in [1.807, 2.05) is 67.6 Å². The number of nitrogens with zero attached hydrogens (tertiary/aromatic N) is 6. The Morgan fingerprint density at radius 1 is 1.04 bits per heavy atom. The normalized spacial score (nSPS) is 22.3. The number of nitro groups is 1. The number of halogens is 1. The van der Waals surface area contributed by atoms with Crippen LogP contribution >= 0.6 is 0 Å². The number of carbonyl (C=O) groups is 2. The van der Waals surface area contributed by atoms with Gasteiger partial charge in [0.25, 0.3) is 17.5 Å². The molecule has 4 aromatic carbocycles. The van der Waals surface area contributed by atoms with Crippen molar-refractivity contribution in [2.75, 3.05) is 16.4 Å². The average Bonchev–Trinajstić information content (AvgIpc) is 3.84. The van der Waals surface area contributed by atoms with E-state index in [9.17, 15) is 24.8 Å². The zero-order valence-corrected chi connectivity index (χ0v) is 29.9. The van der Waals surface area contributed by atoms with Crippen molar-refractivity contribution < 1.29 is 28.5 Å². The summed E-state index contributed by atoms with van der Waals surface area (Å²) in [4.78, 5) is 43.1. The van der Waals surface area contributed by atoms with Crippen LogP contribution in [0.3, 0.4) is 0 Å². The minimum absolute atomic E-state index is 0.0633. The largest absolute Gasteiger partial charge is 0.396 e. The van der Waals surface area contributed by atoms with Crippen LogP contribution in [-0.2, 0) is 34.6 Å². The summed E-state index contributed by atoms with van der Waals surface area (Å²) in [5.74, 6) is -1.14. The lowest BCUT2D eigenvalue weighted by atomic mass is 9.82. The second-order valence-corrected chi connectivity index (χ2v) is 18.1. The minimum atomic E-state index is -3.48. The van der Waals surface area contributed by atoms with Crippen molar-refractivity contribution in [2.24, 2.45) is 5.92 Å². The van der Waals surface area contributed by atoms with E-state index in [0.29, 0.717) is 47.6 Å². The van der Waals surface area contributed by atoms with Crippen molar-refractivity contribution in [3.8, 4) is 0 Å². The molecule has 1 spiro atoms. The Kier molecular flexibility index (Phi) is 8.08. The Morgan fingerprint density at radius 3 is 2.50 bits per heavy atom. The molecule has 0 radical (unpaired) electrons. The summed E-state index contributed by atoms with van der Waals surface area (Å²) in [6, 6.07) is 23.3. The van der Waals surface area contributed by atoms with E-state index in [1.54, 1.807) is 39.8 Å². The quantitative estimate of drug-likeness (QED) is 0.0738. The maximum absolute atomic E-state index is 16.3. The first-order valence-electron chi connectivity index (χ1n) is 17.3. The van der Waals surface area contributed by atoms with Gasteiger partial charge in [-0.05, 0) is 60.8 Å². The molecule has 3 aliphatic heterocycles. The highest BCUT2D eigenvalue weighted by Gasteiger charge is 2.67. The lowest BCUT2D eigenvalue weighted by molar-refractivity contribution is -0.385. The topological polar surface area (TPSA) is 144 Å². The number of rotatable bonds is 10. The number of benzene rings is 4. The van der Waals surface area contributed by atoms with E-state index in [4.69, 9.17) is 4.74 Å². The smallest absolute Gasteiger partial charge is 0.269 e. The molecule has 0 saturated carbocycles. The van der Waals surface area contributed by atoms with Gasteiger partial charge in [-0.1, -0.05) is 48.5 Å². The predicted molar refractivity (Wildman–Crippen MR) is 195 cm³/mol. The van der Waals surface area contributed by atoms with Gasteiger partial charge in [0, 0.05) is 66.0 Å². The number of carbonyl (C=O) groups excluding carboxylic acids is 2. The molecule has 52 heavy (non-hydrogen) atoms. The molecule has 4 heterocycles. The number of aliphatic hydroxyl groups is 1. The fraction of sp³-hybridized carbons (Fsp3) is 0.316. The van der Waals surface area contributed by atoms with Crippen molar-refractivity contribution in [2.45, 2.75) is 63.2 Å². The Balaban J connectivity index is 1.11. The third-order valence-electron chi connectivity index (χ3n) is 10.8. The Bertz CT molecular complexity index is 2250. The van der Waals surface area contributed by atoms with Crippen molar-refractivity contribution in [3.63, 3.8) is 0 Å². The first kappa shape index (κ1) is 33.8. The van der Waals surface area contributed by atoms with Crippen molar-refractivity contribution in [1.82, 2.24) is 15.0 Å². The van der Waals surface area contributed by atoms with E-state index in [-0.39, 0.29) is 24.7 Å². The molecule has 0 unspecified atom stereocenters. The van der Waals surface area contributed by atoms with Gasteiger partial charge in [-0.25, -0.2) is 0 Å². The van der Waals surface area contributed by atoms with Crippen LogP contribution in [0.5, 0.6) is 0 Å². The fourth-order valence-electron chi connectivity index (χ4n) is 8.62. The summed E-state index contributed by atoms with van der Waals surface area (Å²) < 4.78 is 24.7. The number of anilines is 3. The number of hydrogen-bond acceptors (Lipinski definition) is 8. The first-order chi connectivity index (χ1) is 24.9. The zero-order valence-electron chi connectivity index (χ0n) is 28.9. The molecule has 14 heteroatoms. The van der Waals surface area contributed by atoms with Crippen LogP contribution in [-0.4, -0.2) is 58.0 Å². The Labute approximate surface area is 299 Å². The second kappa shape index (κ2) is 12.4. The van der Waals surface area contributed by atoms with E-state index in [2.05, 4.69) is 10.3 Å². The van der Waals surface area contributed by atoms with Crippen LogP contribution in [0.4, 0.5) is 26.9 Å². The number of aromatic nitrogens is 3. The third-order valence-corrected chi connectivity index (χ3v) is 13.3. The molecule has 1 N–H and O–H groups in total. The monoisotopic (exact) mass is 720 g/mol. The Morgan fingerprint density at radius 2 is 1.79 bits per heavy atom. The molecule has 4 atom stereocenters. The van der Waals surface area contributed by atoms with Gasteiger partial charge in [-0.3, -0.25) is 29.3 Å². The number of hydrogen-bond donors (Lipinski definition) is 1. The van der Waals surface area contributed by atoms with Crippen LogP contribution in [0.1, 0.15) is 40.5 Å². The standard InChI is InChI=1S/C38H37FN6O6Si/c1-23-35(52(2,3)39)33(16-18-42-22-26(17-19-46)40-41-42)51-38(23)30-20-28(45(49)50)14-15-31(30)43(37(38)48)21-24-10-12-27(13-11-24)44-32-9-5-7-25-6-4-8-29(34(25)32)36(44)47/h4-15,20,22-23,33,35,46H,16-19,21H2,1-3H3/t23-,33+,35-,38+/m0/s1. The van der Waals surface area contributed by atoms with E-state index in [1.165, 1.54) is 12.1 Å². The molecular formula is C38H37FN6O6Si. The highest BCUT2D eigenvalue weighted by atomic mass is 28.4. The molecule has 1 aromatic heterocycles. The number of nitro benzene ring substituents is 1. The summed E-state index contributed by atoms with van der Waals surface area (Å²) in [5, 5.41) is 31.4. The van der Waals surface area contributed by atoms with E-state index < -0.39 is 42.4 Å². The summed E-state index contributed by atoms with van der Waals surface area (Å²) in [6.07, 6.45) is 1.75. The van der Waals surface area contributed by atoms with Crippen LogP contribution in [0.25, 0.3) is 10.8 Å². The molecule has 0 bridgehead atoms. The molecule has 3 aliphatic rings. The predicted octanol–water partition coefficient (Wildman–Crippen LogP) is 6.58. The van der Waals surface area contributed by atoms with Crippen LogP contribution in [0.2, 0.25) is 18.6 Å². The van der Waals surface area contributed by atoms with Crippen LogP contribution in [0, 0.1) is 16.0 Å².